The number of carbonyl (C=O) groups is 1. The van der Waals surface area contributed by atoms with E-state index in [2.05, 4.69) is 12.2 Å². The molecule has 0 radical (unpaired) electrons. The third-order valence-electron chi connectivity index (χ3n) is 3.33. The standard InChI is InChI=1S/C17H27NO4/c1-4-5-6-7-10-22-15-9-8-14(11-16(15)21-3)17(20)18-13(2)12-19/h8-9,11,13,19H,4-7,10,12H2,1-3H3,(H,18,20). The summed E-state index contributed by atoms with van der Waals surface area (Å²) in [5.41, 5.74) is 0.482. The number of unbranched alkanes of at least 4 members (excludes halogenated alkanes) is 3. The van der Waals surface area contributed by atoms with Crippen LogP contribution in [0.15, 0.2) is 18.2 Å². The van der Waals surface area contributed by atoms with Crippen LogP contribution in [-0.2, 0) is 0 Å². The Kier molecular flexibility index (Phi) is 8.36. The van der Waals surface area contributed by atoms with E-state index in [1.165, 1.54) is 12.8 Å². The van der Waals surface area contributed by atoms with Crippen molar-refractivity contribution < 1.29 is 19.4 Å². The SMILES string of the molecule is CCCCCCOc1ccc(C(=O)NC(C)CO)cc1OC. The molecule has 0 heterocycles. The van der Waals surface area contributed by atoms with Gasteiger partial charge in [0.15, 0.2) is 11.5 Å². The highest BCUT2D eigenvalue weighted by Crippen LogP contribution is 2.28. The van der Waals surface area contributed by atoms with Gasteiger partial charge in [-0.3, -0.25) is 4.79 Å². The number of aliphatic hydroxyl groups is 1. The Hall–Kier alpha value is -1.75. The van der Waals surface area contributed by atoms with Gasteiger partial charge in [0.1, 0.15) is 0 Å². The third kappa shape index (κ3) is 5.93. The summed E-state index contributed by atoms with van der Waals surface area (Å²) in [6.45, 7) is 4.46. The van der Waals surface area contributed by atoms with E-state index >= 15 is 0 Å². The lowest BCUT2D eigenvalue weighted by atomic mass is 10.1. The van der Waals surface area contributed by atoms with Crippen molar-refractivity contribution in [2.45, 2.75) is 45.6 Å². The van der Waals surface area contributed by atoms with Crippen LogP contribution in [0.4, 0.5) is 0 Å². The topological polar surface area (TPSA) is 67.8 Å². The summed E-state index contributed by atoms with van der Waals surface area (Å²) in [7, 11) is 1.55. The predicted octanol–water partition coefficient (Wildman–Crippen LogP) is 2.76. The minimum Gasteiger partial charge on any atom is -0.493 e. The van der Waals surface area contributed by atoms with Gasteiger partial charge in [-0.2, -0.15) is 0 Å². The number of aliphatic hydroxyl groups excluding tert-OH is 1. The van der Waals surface area contributed by atoms with Crippen molar-refractivity contribution in [1.29, 1.82) is 0 Å². The number of benzene rings is 1. The van der Waals surface area contributed by atoms with Crippen molar-refractivity contribution >= 4 is 5.91 Å². The molecule has 2 N–H and O–H groups in total. The van der Waals surface area contributed by atoms with Crippen molar-refractivity contribution in [3.05, 3.63) is 23.8 Å². The van der Waals surface area contributed by atoms with Crippen LogP contribution in [0, 0.1) is 0 Å². The van der Waals surface area contributed by atoms with E-state index in [0.29, 0.717) is 23.7 Å². The van der Waals surface area contributed by atoms with Gasteiger partial charge in [0, 0.05) is 11.6 Å². The van der Waals surface area contributed by atoms with Gasteiger partial charge in [-0.05, 0) is 31.5 Å². The third-order valence-corrected chi connectivity index (χ3v) is 3.33. The van der Waals surface area contributed by atoms with E-state index in [9.17, 15) is 4.79 Å². The molecule has 0 saturated heterocycles. The first kappa shape index (κ1) is 18.3. The van der Waals surface area contributed by atoms with Crippen molar-refractivity contribution in [3.63, 3.8) is 0 Å². The molecule has 0 spiro atoms. The van der Waals surface area contributed by atoms with Crippen molar-refractivity contribution in [2.24, 2.45) is 0 Å². The Morgan fingerprint density at radius 1 is 1.27 bits per heavy atom. The first-order valence-electron chi connectivity index (χ1n) is 7.84. The number of hydrogen-bond acceptors (Lipinski definition) is 4. The molecular formula is C17H27NO4. The van der Waals surface area contributed by atoms with Gasteiger partial charge >= 0.3 is 0 Å². The van der Waals surface area contributed by atoms with Gasteiger partial charge in [0.05, 0.1) is 20.3 Å². The van der Waals surface area contributed by atoms with Crippen LogP contribution in [0.5, 0.6) is 11.5 Å². The van der Waals surface area contributed by atoms with Crippen LogP contribution in [0.3, 0.4) is 0 Å². The lowest BCUT2D eigenvalue weighted by Gasteiger charge is -2.14. The van der Waals surface area contributed by atoms with E-state index in [1.807, 2.05) is 0 Å². The lowest BCUT2D eigenvalue weighted by molar-refractivity contribution is 0.0922. The van der Waals surface area contributed by atoms with Gasteiger partial charge in [0.2, 0.25) is 0 Å². The molecule has 0 aliphatic heterocycles. The van der Waals surface area contributed by atoms with E-state index in [0.717, 1.165) is 12.8 Å². The second-order valence-electron chi connectivity index (χ2n) is 5.33. The maximum absolute atomic E-state index is 12.0. The second-order valence-corrected chi connectivity index (χ2v) is 5.33. The molecule has 0 aromatic heterocycles. The van der Waals surface area contributed by atoms with E-state index < -0.39 is 0 Å². The highest BCUT2D eigenvalue weighted by Gasteiger charge is 2.13. The molecular weight excluding hydrogens is 282 g/mol. The predicted molar refractivity (Wildman–Crippen MR) is 86.6 cm³/mol. The zero-order chi connectivity index (χ0) is 16.4. The van der Waals surface area contributed by atoms with Gasteiger partial charge in [0.25, 0.3) is 5.91 Å². The number of methoxy groups -OCH3 is 1. The molecule has 0 saturated carbocycles. The summed E-state index contributed by atoms with van der Waals surface area (Å²) in [5, 5.41) is 11.7. The number of amides is 1. The summed E-state index contributed by atoms with van der Waals surface area (Å²) in [6.07, 6.45) is 4.56. The number of nitrogens with one attached hydrogen (secondary N) is 1. The number of carbonyl (C=O) groups excluding carboxylic acids is 1. The molecule has 1 aromatic carbocycles. The fourth-order valence-electron chi connectivity index (χ4n) is 1.99. The molecule has 0 bridgehead atoms. The second kappa shape index (κ2) is 10.1. The summed E-state index contributed by atoms with van der Waals surface area (Å²) < 4.78 is 11.0. The van der Waals surface area contributed by atoms with Gasteiger partial charge in [-0.25, -0.2) is 0 Å². The molecule has 5 nitrogen and oxygen atoms in total. The minimum absolute atomic E-state index is 0.0954. The number of hydrogen-bond donors (Lipinski definition) is 2. The van der Waals surface area contributed by atoms with Crippen LogP contribution >= 0.6 is 0 Å². The summed E-state index contributed by atoms with van der Waals surface area (Å²) >= 11 is 0. The maximum Gasteiger partial charge on any atom is 0.251 e. The summed E-state index contributed by atoms with van der Waals surface area (Å²) in [6, 6.07) is 4.81. The van der Waals surface area contributed by atoms with E-state index in [1.54, 1.807) is 32.2 Å². The highest BCUT2D eigenvalue weighted by atomic mass is 16.5. The molecule has 1 unspecified atom stereocenters. The number of rotatable bonds is 10. The van der Waals surface area contributed by atoms with Crippen LogP contribution in [0.2, 0.25) is 0 Å². The average molecular weight is 309 g/mol. The molecule has 1 amide bonds. The minimum atomic E-state index is -0.284. The molecule has 1 aromatic rings. The molecule has 124 valence electrons. The molecule has 1 atom stereocenters. The van der Waals surface area contributed by atoms with Crippen molar-refractivity contribution in [3.8, 4) is 11.5 Å². The summed E-state index contributed by atoms with van der Waals surface area (Å²) in [5.74, 6) is 0.944. The Morgan fingerprint density at radius 3 is 2.68 bits per heavy atom. The average Bonchev–Trinajstić information content (AvgIpc) is 2.54. The first-order chi connectivity index (χ1) is 10.6. The quantitative estimate of drug-likeness (QED) is 0.652. The zero-order valence-electron chi connectivity index (χ0n) is 13.7. The van der Waals surface area contributed by atoms with Crippen molar-refractivity contribution in [1.82, 2.24) is 5.32 Å². The Balaban J connectivity index is 2.64. The van der Waals surface area contributed by atoms with Crippen LogP contribution < -0.4 is 14.8 Å². The van der Waals surface area contributed by atoms with E-state index in [-0.39, 0.29) is 18.6 Å². The fourth-order valence-corrected chi connectivity index (χ4v) is 1.99. The Bertz CT molecular complexity index is 462. The Morgan fingerprint density at radius 2 is 2.05 bits per heavy atom. The maximum atomic E-state index is 12.0. The van der Waals surface area contributed by atoms with Crippen LogP contribution in [-0.4, -0.2) is 37.4 Å². The van der Waals surface area contributed by atoms with Crippen molar-refractivity contribution in [2.75, 3.05) is 20.3 Å². The molecule has 5 heteroatoms. The summed E-state index contributed by atoms with van der Waals surface area (Å²) in [4.78, 5) is 12.0. The van der Waals surface area contributed by atoms with Gasteiger partial charge in [-0.1, -0.05) is 26.2 Å². The largest absolute Gasteiger partial charge is 0.493 e. The van der Waals surface area contributed by atoms with Crippen LogP contribution in [0.1, 0.15) is 49.9 Å². The Labute approximate surface area is 132 Å². The molecule has 1 rings (SSSR count). The normalized spacial score (nSPS) is 11.8. The number of ether oxygens (including phenoxy) is 2. The molecule has 22 heavy (non-hydrogen) atoms. The van der Waals surface area contributed by atoms with Gasteiger partial charge < -0.3 is 19.9 Å². The molecule has 0 fully saturated rings. The molecule has 0 aliphatic carbocycles. The lowest BCUT2D eigenvalue weighted by Crippen LogP contribution is -2.34. The monoisotopic (exact) mass is 309 g/mol. The van der Waals surface area contributed by atoms with Crippen LogP contribution in [0.25, 0.3) is 0 Å². The zero-order valence-corrected chi connectivity index (χ0v) is 13.7. The fraction of sp³-hybridized carbons (Fsp3) is 0.588. The van der Waals surface area contributed by atoms with Gasteiger partial charge in [-0.15, -0.1) is 0 Å². The smallest absolute Gasteiger partial charge is 0.251 e. The highest BCUT2D eigenvalue weighted by molar-refractivity contribution is 5.95. The van der Waals surface area contributed by atoms with E-state index in [4.69, 9.17) is 14.6 Å². The first-order valence-corrected chi connectivity index (χ1v) is 7.84. The molecule has 0 aliphatic rings.